The maximum Gasteiger partial charge on any atom is 0.0823 e. The first kappa shape index (κ1) is 9.99. The van der Waals surface area contributed by atoms with Crippen molar-refractivity contribution in [3.8, 4) is 0 Å². The fraction of sp³-hybridized carbons (Fsp3) is 0.700. The van der Waals surface area contributed by atoms with E-state index in [-0.39, 0.29) is 11.5 Å². The van der Waals surface area contributed by atoms with E-state index in [4.69, 9.17) is 11.6 Å². The predicted octanol–water partition coefficient (Wildman–Crippen LogP) is 1.88. The number of rotatable bonds is 1. The summed E-state index contributed by atoms with van der Waals surface area (Å²) in [6.07, 6.45) is 4.11. The van der Waals surface area contributed by atoms with Gasteiger partial charge in [0.25, 0.3) is 0 Å². The van der Waals surface area contributed by atoms with E-state index in [1.165, 1.54) is 0 Å². The van der Waals surface area contributed by atoms with E-state index in [0.717, 1.165) is 25.0 Å². The molecule has 0 amide bonds. The Labute approximate surface area is 88.7 Å². The van der Waals surface area contributed by atoms with Crippen LogP contribution in [0.3, 0.4) is 0 Å². The summed E-state index contributed by atoms with van der Waals surface area (Å²) < 4.78 is 1.82. The highest BCUT2D eigenvalue weighted by atomic mass is 35.5. The van der Waals surface area contributed by atoms with Crippen LogP contribution in [0, 0.1) is 0 Å². The van der Waals surface area contributed by atoms with Crippen LogP contribution in [0.25, 0.3) is 0 Å². The zero-order valence-electron chi connectivity index (χ0n) is 8.50. The summed E-state index contributed by atoms with van der Waals surface area (Å²) in [5.41, 5.74) is 1.04. The number of aromatic nitrogens is 2. The summed E-state index contributed by atoms with van der Waals surface area (Å²) in [4.78, 5) is 0. The van der Waals surface area contributed by atoms with E-state index in [1.807, 2.05) is 11.7 Å². The largest absolute Gasteiger partial charge is 0.393 e. The fourth-order valence-electron chi connectivity index (χ4n) is 2.51. The van der Waals surface area contributed by atoms with E-state index >= 15 is 0 Å². The molecule has 78 valence electrons. The van der Waals surface area contributed by atoms with Gasteiger partial charge >= 0.3 is 0 Å². The number of aliphatic hydroxyl groups excluding tert-OH is 1. The molecule has 1 aliphatic carbocycles. The van der Waals surface area contributed by atoms with E-state index in [2.05, 4.69) is 12.0 Å². The lowest BCUT2D eigenvalue weighted by atomic mass is 9.85. The molecular weight excluding hydrogens is 200 g/mol. The van der Waals surface area contributed by atoms with Gasteiger partial charge < -0.3 is 5.11 Å². The first-order chi connectivity index (χ1) is 6.53. The lowest BCUT2D eigenvalue weighted by molar-refractivity contribution is 0.174. The molecule has 14 heavy (non-hydrogen) atoms. The van der Waals surface area contributed by atoms with Crippen LogP contribution in [0.4, 0.5) is 0 Å². The molecule has 0 radical (unpaired) electrons. The normalized spacial score (nSPS) is 32.4. The van der Waals surface area contributed by atoms with Crippen LogP contribution >= 0.6 is 11.6 Å². The second-order valence-electron chi connectivity index (χ2n) is 4.42. The Balaban J connectivity index is 2.39. The van der Waals surface area contributed by atoms with Crippen LogP contribution in [-0.2, 0) is 12.5 Å². The van der Waals surface area contributed by atoms with Crippen LogP contribution < -0.4 is 0 Å². The first-order valence-electron chi connectivity index (χ1n) is 4.89. The van der Waals surface area contributed by atoms with Crippen molar-refractivity contribution in [2.24, 2.45) is 7.05 Å². The van der Waals surface area contributed by atoms with Crippen LogP contribution in [-0.4, -0.2) is 21.0 Å². The molecule has 1 fully saturated rings. The average molecular weight is 215 g/mol. The molecule has 2 atom stereocenters. The number of aliphatic hydroxyl groups is 1. The summed E-state index contributed by atoms with van der Waals surface area (Å²) >= 11 is 6.10. The zero-order chi connectivity index (χ0) is 10.3. The van der Waals surface area contributed by atoms with E-state index < -0.39 is 0 Å². The summed E-state index contributed by atoms with van der Waals surface area (Å²) in [6.45, 7) is 2.14. The highest BCUT2D eigenvalue weighted by Gasteiger charge is 2.39. The van der Waals surface area contributed by atoms with Crippen molar-refractivity contribution in [2.75, 3.05) is 0 Å². The van der Waals surface area contributed by atoms with Crippen molar-refractivity contribution < 1.29 is 5.11 Å². The van der Waals surface area contributed by atoms with Crippen LogP contribution in [0.15, 0.2) is 6.20 Å². The standard InChI is InChI=1S/C10H15ClN2O/c1-10(4-3-7(14)5-10)9-8(11)6-12-13(9)2/h6-7,14H,3-5H2,1-2H3. The van der Waals surface area contributed by atoms with Gasteiger partial charge in [0.05, 0.1) is 23.0 Å². The van der Waals surface area contributed by atoms with Crippen molar-refractivity contribution in [3.63, 3.8) is 0 Å². The molecule has 1 aromatic heterocycles. The van der Waals surface area contributed by atoms with Crippen LogP contribution in [0.5, 0.6) is 0 Å². The highest BCUT2D eigenvalue weighted by Crippen LogP contribution is 2.43. The van der Waals surface area contributed by atoms with Crippen molar-refractivity contribution in [1.29, 1.82) is 0 Å². The quantitative estimate of drug-likeness (QED) is 0.775. The van der Waals surface area contributed by atoms with Crippen molar-refractivity contribution >= 4 is 11.6 Å². The highest BCUT2D eigenvalue weighted by molar-refractivity contribution is 6.31. The molecule has 3 nitrogen and oxygen atoms in total. The smallest absolute Gasteiger partial charge is 0.0823 e. The zero-order valence-corrected chi connectivity index (χ0v) is 9.25. The first-order valence-corrected chi connectivity index (χ1v) is 5.27. The second kappa shape index (κ2) is 3.24. The summed E-state index contributed by atoms with van der Waals surface area (Å²) in [5.74, 6) is 0. The fourth-order valence-corrected chi connectivity index (χ4v) is 2.91. The lowest BCUT2D eigenvalue weighted by Gasteiger charge is -2.24. The van der Waals surface area contributed by atoms with Gasteiger partial charge in [0.1, 0.15) is 0 Å². The minimum absolute atomic E-state index is 0.0122. The Morgan fingerprint density at radius 3 is 2.86 bits per heavy atom. The topological polar surface area (TPSA) is 38.0 Å². The number of aryl methyl sites for hydroxylation is 1. The summed E-state index contributed by atoms with van der Waals surface area (Å²) in [5, 5.41) is 14.4. The Morgan fingerprint density at radius 2 is 2.43 bits per heavy atom. The molecule has 2 rings (SSSR count). The van der Waals surface area contributed by atoms with Gasteiger partial charge in [-0.1, -0.05) is 18.5 Å². The molecule has 0 bridgehead atoms. The minimum Gasteiger partial charge on any atom is -0.393 e. The van der Waals surface area contributed by atoms with Crippen molar-refractivity contribution in [3.05, 3.63) is 16.9 Å². The molecule has 1 heterocycles. The maximum atomic E-state index is 9.57. The van der Waals surface area contributed by atoms with Gasteiger partial charge in [0, 0.05) is 12.5 Å². The molecule has 4 heteroatoms. The summed E-state index contributed by atoms with van der Waals surface area (Å²) in [7, 11) is 1.90. The third-order valence-electron chi connectivity index (χ3n) is 3.18. The summed E-state index contributed by atoms with van der Waals surface area (Å²) in [6, 6.07) is 0. The average Bonchev–Trinajstić information content (AvgIpc) is 2.58. The van der Waals surface area contributed by atoms with Crippen molar-refractivity contribution in [2.45, 2.75) is 37.7 Å². The van der Waals surface area contributed by atoms with Gasteiger partial charge in [-0.3, -0.25) is 4.68 Å². The van der Waals surface area contributed by atoms with Gasteiger partial charge in [0.2, 0.25) is 0 Å². The Morgan fingerprint density at radius 1 is 1.71 bits per heavy atom. The van der Waals surface area contributed by atoms with Crippen LogP contribution in [0.2, 0.25) is 5.02 Å². The van der Waals surface area contributed by atoms with E-state index in [9.17, 15) is 5.11 Å². The molecule has 1 saturated carbocycles. The molecule has 0 aliphatic heterocycles. The van der Waals surface area contributed by atoms with Crippen LogP contribution in [0.1, 0.15) is 31.9 Å². The third-order valence-corrected chi connectivity index (χ3v) is 3.46. The monoisotopic (exact) mass is 214 g/mol. The van der Waals surface area contributed by atoms with E-state index in [1.54, 1.807) is 6.20 Å². The number of nitrogens with zero attached hydrogens (tertiary/aromatic N) is 2. The minimum atomic E-state index is -0.189. The Bertz CT molecular complexity index is 330. The molecule has 2 unspecified atom stereocenters. The molecular formula is C10H15ClN2O. The molecule has 1 aromatic rings. The predicted molar refractivity (Wildman–Crippen MR) is 55.4 cm³/mol. The van der Waals surface area contributed by atoms with Gasteiger partial charge in [-0.25, -0.2) is 0 Å². The third kappa shape index (κ3) is 1.44. The maximum absolute atomic E-state index is 9.57. The number of hydrogen-bond acceptors (Lipinski definition) is 2. The molecule has 0 spiro atoms. The Kier molecular flexibility index (Phi) is 2.32. The lowest BCUT2D eigenvalue weighted by Crippen LogP contribution is -2.23. The number of halogens is 1. The SMILES string of the molecule is Cn1ncc(Cl)c1C1(C)CCC(O)C1. The van der Waals surface area contributed by atoms with Crippen molar-refractivity contribution in [1.82, 2.24) is 9.78 Å². The van der Waals surface area contributed by atoms with Gasteiger partial charge in [-0.15, -0.1) is 0 Å². The van der Waals surface area contributed by atoms with E-state index in [0.29, 0.717) is 5.02 Å². The molecule has 0 aromatic carbocycles. The molecule has 1 N–H and O–H groups in total. The Hall–Kier alpha value is -0.540. The van der Waals surface area contributed by atoms with Gasteiger partial charge in [-0.05, 0) is 19.3 Å². The van der Waals surface area contributed by atoms with Gasteiger partial charge in [-0.2, -0.15) is 5.10 Å². The molecule has 0 saturated heterocycles. The second-order valence-corrected chi connectivity index (χ2v) is 4.83. The van der Waals surface area contributed by atoms with Gasteiger partial charge in [0.15, 0.2) is 0 Å². The number of hydrogen-bond donors (Lipinski definition) is 1. The molecule has 1 aliphatic rings.